The van der Waals surface area contributed by atoms with Crippen LogP contribution in [0.15, 0.2) is 72.8 Å². The quantitative estimate of drug-likeness (QED) is 0.584. The summed E-state index contributed by atoms with van der Waals surface area (Å²) in [6, 6.07) is 20.5. The molecule has 0 unspecified atom stereocenters. The summed E-state index contributed by atoms with van der Waals surface area (Å²) >= 11 is 0. The molecule has 0 aromatic heterocycles. The van der Waals surface area contributed by atoms with E-state index in [1.165, 1.54) is 11.1 Å². The lowest BCUT2D eigenvalue weighted by Gasteiger charge is -1.86. The first-order valence-corrected chi connectivity index (χ1v) is 7.22. The van der Waals surface area contributed by atoms with Crippen LogP contribution >= 0.6 is 0 Å². The fourth-order valence-corrected chi connectivity index (χ4v) is 1.51. The maximum Gasteiger partial charge on any atom is -0.0260 e. The molecule has 0 N–H and O–H groups in total. The Morgan fingerprint density at radius 3 is 1.10 bits per heavy atom. The van der Waals surface area contributed by atoms with Crippen LogP contribution < -0.4 is 0 Å². The van der Waals surface area contributed by atoms with E-state index in [1.807, 2.05) is 76.2 Å². The first kappa shape index (κ1) is 17.9. The lowest BCUT2D eigenvalue weighted by Crippen LogP contribution is -1.65. The summed E-state index contributed by atoms with van der Waals surface area (Å²) < 4.78 is 0. The van der Waals surface area contributed by atoms with Crippen LogP contribution in [-0.2, 0) is 0 Å². The molecule has 0 aliphatic rings. The van der Waals surface area contributed by atoms with Gasteiger partial charge in [0.15, 0.2) is 0 Å². The second-order valence-corrected chi connectivity index (χ2v) is 3.82. The Labute approximate surface area is 124 Å². The van der Waals surface area contributed by atoms with Gasteiger partial charge >= 0.3 is 0 Å². The van der Waals surface area contributed by atoms with E-state index in [4.69, 9.17) is 0 Å². The van der Waals surface area contributed by atoms with Gasteiger partial charge in [0.25, 0.3) is 0 Å². The second kappa shape index (κ2) is 13.4. The minimum Gasteiger partial charge on any atom is -0.0871 e. The molecule has 0 aliphatic heterocycles. The van der Waals surface area contributed by atoms with Crippen molar-refractivity contribution >= 4 is 12.2 Å². The molecule has 2 rings (SSSR count). The first-order chi connectivity index (χ1) is 9.86. The molecule has 0 saturated heterocycles. The van der Waals surface area contributed by atoms with E-state index < -0.39 is 0 Å². The van der Waals surface area contributed by atoms with Crippen molar-refractivity contribution in [1.29, 1.82) is 0 Å². The maximum absolute atomic E-state index is 2.08. The Bertz CT molecular complexity index is 416. The molecule has 0 nitrogen and oxygen atoms in total. The molecule has 0 bridgehead atoms. The minimum absolute atomic E-state index is 1.26. The van der Waals surface area contributed by atoms with Crippen molar-refractivity contribution in [3.63, 3.8) is 0 Å². The molecular weight excluding hydrogens is 240 g/mol. The summed E-state index contributed by atoms with van der Waals surface area (Å²) in [6.07, 6.45) is 8.24. The SMILES string of the molecule is C/C=C/c1ccccc1.C/C=C/c1ccccc1.CC. The number of allylic oxidation sites excluding steroid dienone is 2. The maximum atomic E-state index is 2.08. The van der Waals surface area contributed by atoms with Crippen LogP contribution in [0.3, 0.4) is 0 Å². The van der Waals surface area contributed by atoms with Crippen LogP contribution in [0.5, 0.6) is 0 Å². The van der Waals surface area contributed by atoms with Crippen molar-refractivity contribution in [2.24, 2.45) is 0 Å². The van der Waals surface area contributed by atoms with E-state index in [2.05, 4.69) is 36.4 Å². The predicted molar refractivity (Wildman–Crippen MR) is 93.6 cm³/mol. The highest BCUT2D eigenvalue weighted by atomic mass is 13.8. The molecule has 0 fully saturated rings. The van der Waals surface area contributed by atoms with Gasteiger partial charge < -0.3 is 0 Å². The smallest absolute Gasteiger partial charge is 0.0260 e. The molecule has 0 heteroatoms. The second-order valence-electron chi connectivity index (χ2n) is 3.82. The fourth-order valence-electron chi connectivity index (χ4n) is 1.51. The topological polar surface area (TPSA) is 0 Å². The zero-order chi connectivity index (χ0) is 15.1. The molecule has 20 heavy (non-hydrogen) atoms. The number of hydrogen-bond donors (Lipinski definition) is 0. The summed E-state index contributed by atoms with van der Waals surface area (Å²) in [5.74, 6) is 0. The van der Waals surface area contributed by atoms with Gasteiger partial charge in [0.1, 0.15) is 0 Å². The highest BCUT2D eigenvalue weighted by Gasteiger charge is 1.78. The summed E-state index contributed by atoms with van der Waals surface area (Å²) in [5, 5.41) is 0. The Morgan fingerprint density at radius 1 is 0.550 bits per heavy atom. The van der Waals surface area contributed by atoms with Gasteiger partial charge in [-0.05, 0) is 25.0 Å². The molecule has 0 heterocycles. The average Bonchev–Trinajstić information content (AvgIpc) is 2.53. The van der Waals surface area contributed by atoms with Gasteiger partial charge in [-0.1, -0.05) is 98.8 Å². The average molecular weight is 266 g/mol. The highest BCUT2D eigenvalue weighted by Crippen LogP contribution is 2.00. The number of rotatable bonds is 2. The summed E-state index contributed by atoms with van der Waals surface area (Å²) in [5.41, 5.74) is 2.53. The molecule has 0 amide bonds. The fraction of sp³-hybridized carbons (Fsp3) is 0.200. The van der Waals surface area contributed by atoms with Crippen LogP contribution in [0.2, 0.25) is 0 Å². The van der Waals surface area contributed by atoms with E-state index in [-0.39, 0.29) is 0 Å². The van der Waals surface area contributed by atoms with Gasteiger partial charge in [-0.3, -0.25) is 0 Å². The standard InChI is InChI=1S/2C9H10.C2H6/c2*1-2-6-9-7-4-3-5-8-9;1-2/h2*2-8H,1H3;1-2H3/b2*6-2+;. The summed E-state index contributed by atoms with van der Waals surface area (Å²) in [6.45, 7) is 8.04. The summed E-state index contributed by atoms with van der Waals surface area (Å²) in [7, 11) is 0. The molecule has 2 aromatic carbocycles. The summed E-state index contributed by atoms with van der Waals surface area (Å²) in [4.78, 5) is 0. The van der Waals surface area contributed by atoms with Gasteiger partial charge in [-0.15, -0.1) is 0 Å². The third-order valence-electron chi connectivity index (χ3n) is 2.32. The monoisotopic (exact) mass is 266 g/mol. The molecular formula is C20H26. The van der Waals surface area contributed by atoms with Crippen LogP contribution in [-0.4, -0.2) is 0 Å². The molecule has 0 spiro atoms. The van der Waals surface area contributed by atoms with Gasteiger partial charge in [0, 0.05) is 0 Å². The molecule has 106 valence electrons. The molecule has 0 saturated carbocycles. The highest BCUT2D eigenvalue weighted by molar-refractivity contribution is 5.48. The van der Waals surface area contributed by atoms with Gasteiger partial charge in [0.2, 0.25) is 0 Å². The molecule has 0 atom stereocenters. The third kappa shape index (κ3) is 8.93. The van der Waals surface area contributed by atoms with Crippen molar-refractivity contribution in [1.82, 2.24) is 0 Å². The lowest BCUT2D eigenvalue weighted by atomic mass is 10.2. The van der Waals surface area contributed by atoms with Crippen molar-refractivity contribution in [3.8, 4) is 0 Å². The third-order valence-corrected chi connectivity index (χ3v) is 2.32. The largest absolute Gasteiger partial charge is 0.0871 e. The van der Waals surface area contributed by atoms with Crippen molar-refractivity contribution in [3.05, 3.63) is 83.9 Å². The van der Waals surface area contributed by atoms with Crippen molar-refractivity contribution in [2.45, 2.75) is 27.7 Å². The van der Waals surface area contributed by atoms with Crippen molar-refractivity contribution in [2.75, 3.05) is 0 Å². The molecule has 0 aliphatic carbocycles. The lowest BCUT2D eigenvalue weighted by molar-refractivity contribution is 1.50. The van der Waals surface area contributed by atoms with Crippen LogP contribution in [0, 0.1) is 0 Å². The van der Waals surface area contributed by atoms with Crippen molar-refractivity contribution < 1.29 is 0 Å². The Hall–Kier alpha value is -2.08. The van der Waals surface area contributed by atoms with E-state index in [0.717, 1.165) is 0 Å². The number of hydrogen-bond acceptors (Lipinski definition) is 0. The zero-order valence-electron chi connectivity index (χ0n) is 13.1. The molecule has 0 radical (unpaired) electrons. The number of benzene rings is 2. The zero-order valence-corrected chi connectivity index (χ0v) is 13.1. The normalized spacial score (nSPS) is 9.60. The minimum atomic E-state index is 1.26. The Balaban J connectivity index is 0.000000321. The van der Waals surface area contributed by atoms with E-state index in [9.17, 15) is 0 Å². The Morgan fingerprint density at radius 2 is 0.850 bits per heavy atom. The van der Waals surface area contributed by atoms with Gasteiger partial charge in [-0.2, -0.15) is 0 Å². The van der Waals surface area contributed by atoms with Crippen LogP contribution in [0.1, 0.15) is 38.8 Å². The first-order valence-electron chi connectivity index (χ1n) is 7.22. The predicted octanol–water partition coefficient (Wildman–Crippen LogP) is 6.47. The Kier molecular flexibility index (Phi) is 12.0. The van der Waals surface area contributed by atoms with Crippen LogP contribution in [0.25, 0.3) is 12.2 Å². The van der Waals surface area contributed by atoms with E-state index in [0.29, 0.717) is 0 Å². The molecule has 2 aromatic rings. The van der Waals surface area contributed by atoms with Gasteiger partial charge in [-0.25, -0.2) is 0 Å². The van der Waals surface area contributed by atoms with E-state index in [1.54, 1.807) is 0 Å². The van der Waals surface area contributed by atoms with Crippen LogP contribution in [0.4, 0.5) is 0 Å². The van der Waals surface area contributed by atoms with E-state index >= 15 is 0 Å². The van der Waals surface area contributed by atoms with Gasteiger partial charge in [0.05, 0.1) is 0 Å².